The molecule has 0 aliphatic rings. The molecule has 0 aromatic carbocycles. The number of anilines is 1. The van der Waals surface area contributed by atoms with Gasteiger partial charge in [-0.05, 0) is 6.92 Å². The van der Waals surface area contributed by atoms with Gasteiger partial charge in [-0.15, -0.1) is 0 Å². The van der Waals surface area contributed by atoms with Crippen molar-refractivity contribution in [1.29, 1.82) is 0 Å². The van der Waals surface area contributed by atoms with Crippen LogP contribution in [0.2, 0.25) is 5.02 Å². The van der Waals surface area contributed by atoms with Crippen LogP contribution in [0.15, 0.2) is 12.3 Å². The predicted octanol–water partition coefficient (Wildman–Crippen LogP) is 1.55. The highest BCUT2D eigenvalue weighted by Crippen LogP contribution is 2.26. The molecular weight excluding hydrogens is 250 g/mol. The van der Waals surface area contributed by atoms with Gasteiger partial charge in [-0.2, -0.15) is 0 Å². The van der Waals surface area contributed by atoms with Crippen LogP contribution >= 0.6 is 11.6 Å². The fourth-order valence-electron chi connectivity index (χ4n) is 1.25. The molecule has 1 heterocycles. The molecule has 0 radical (unpaired) electrons. The summed E-state index contributed by atoms with van der Waals surface area (Å²) in [6.07, 6.45) is 1.05. The number of aromatic nitrogens is 1. The van der Waals surface area contributed by atoms with Crippen LogP contribution in [0.25, 0.3) is 0 Å². The SMILES string of the molecule is CCN(CC(=O)O)c1ncc([N+](=O)[O-])cc1Cl. The van der Waals surface area contributed by atoms with E-state index in [1.807, 2.05) is 0 Å². The van der Waals surface area contributed by atoms with Crippen molar-refractivity contribution in [2.24, 2.45) is 0 Å². The van der Waals surface area contributed by atoms with Crippen LogP contribution in [0.3, 0.4) is 0 Å². The van der Waals surface area contributed by atoms with Gasteiger partial charge in [0.2, 0.25) is 0 Å². The molecule has 0 bridgehead atoms. The minimum atomic E-state index is -1.02. The maximum Gasteiger partial charge on any atom is 0.323 e. The van der Waals surface area contributed by atoms with Crippen molar-refractivity contribution in [2.45, 2.75) is 6.92 Å². The number of hydrogen-bond donors (Lipinski definition) is 1. The molecule has 0 aliphatic carbocycles. The van der Waals surface area contributed by atoms with E-state index in [1.54, 1.807) is 6.92 Å². The van der Waals surface area contributed by atoms with E-state index in [2.05, 4.69) is 4.98 Å². The van der Waals surface area contributed by atoms with Crippen LogP contribution in [-0.2, 0) is 4.79 Å². The molecule has 0 aliphatic heterocycles. The Kier molecular flexibility index (Phi) is 4.22. The van der Waals surface area contributed by atoms with E-state index in [9.17, 15) is 14.9 Å². The third kappa shape index (κ3) is 3.28. The van der Waals surface area contributed by atoms with E-state index in [1.165, 1.54) is 4.90 Å². The third-order valence-corrected chi connectivity index (χ3v) is 2.30. The first-order valence-corrected chi connectivity index (χ1v) is 5.10. The number of carboxylic acids is 1. The highest BCUT2D eigenvalue weighted by atomic mass is 35.5. The summed E-state index contributed by atoms with van der Waals surface area (Å²) in [5.74, 6) is -0.801. The van der Waals surface area contributed by atoms with E-state index >= 15 is 0 Å². The van der Waals surface area contributed by atoms with E-state index in [-0.39, 0.29) is 23.1 Å². The lowest BCUT2D eigenvalue weighted by Gasteiger charge is -2.20. The summed E-state index contributed by atoms with van der Waals surface area (Å²) in [4.78, 5) is 25.7. The minimum Gasteiger partial charge on any atom is -0.480 e. The average Bonchev–Trinajstić information content (AvgIpc) is 2.25. The Labute approximate surface area is 102 Å². The smallest absolute Gasteiger partial charge is 0.323 e. The van der Waals surface area contributed by atoms with Crippen molar-refractivity contribution in [3.63, 3.8) is 0 Å². The molecule has 1 aromatic rings. The van der Waals surface area contributed by atoms with Crippen LogP contribution in [0.5, 0.6) is 0 Å². The molecule has 92 valence electrons. The zero-order valence-corrected chi connectivity index (χ0v) is 9.72. The number of nitrogens with zero attached hydrogens (tertiary/aromatic N) is 3. The van der Waals surface area contributed by atoms with Gasteiger partial charge in [-0.25, -0.2) is 4.98 Å². The highest BCUT2D eigenvalue weighted by molar-refractivity contribution is 6.33. The second kappa shape index (κ2) is 5.44. The van der Waals surface area contributed by atoms with Crippen molar-refractivity contribution in [1.82, 2.24) is 4.98 Å². The van der Waals surface area contributed by atoms with Gasteiger partial charge in [0.25, 0.3) is 5.69 Å². The molecule has 0 saturated heterocycles. The van der Waals surface area contributed by atoms with Crippen LogP contribution in [0, 0.1) is 10.1 Å². The summed E-state index contributed by atoms with van der Waals surface area (Å²) >= 11 is 5.83. The first kappa shape index (κ1) is 13.2. The molecular formula is C9H10ClN3O4. The molecule has 0 saturated carbocycles. The van der Waals surface area contributed by atoms with Gasteiger partial charge in [-0.3, -0.25) is 14.9 Å². The van der Waals surface area contributed by atoms with Gasteiger partial charge >= 0.3 is 5.97 Å². The van der Waals surface area contributed by atoms with E-state index < -0.39 is 10.9 Å². The van der Waals surface area contributed by atoms with Gasteiger partial charge < -0.3 is 10.0 Å². The Morgan fingerprint density at radius 3 is 2.76 bits per heavy atom. The fourth-order valence-corrected chi connectivity index (χ4v) is 1.53. The summed E-state index contributed by atoms with van der Waals surface area (Å²) in [6, 6.07) is 1.15. The Bertz CT molecular complexity index is 452. The van der Waals surface area contributed by atoms with Crippen molar-refractivity contribution < 1.29 is 14.8 Å². The first-order valence-electron chi connectivity index (χ1n) is 4.72. The summed E-state index contributed by atoms with van der Waals surface area (Å²) in [5.41, 5.74) is -0.231. The lowest BCUT2D eigenvalue weighted by molar-refractivity contribution is -0.385. The first-order chi connectivity index (χ1) is 7.95. The summed E-state index contributed by atoms with van der Waals surface area (Å²) < 4.78 is 0. The second-order valence-electron chi connectivity index (χ2n) is 3.16. The van der Waals surface area contributed by atoms with E-state index in [4.69, 9.17) is 16.7 Å². The molecule has 0 fully saturated rings. The number of halogens is 1. The number of pyridine rings is 1. The monoisotopic (exact) mass is 259 g/mol. The molecule has 17 heavy (non-hydrogen) atoms. The van der Waals surface area contributed by atoms with Crippen molar-refractivity contribution in [2.75, 3.05) is 18.0 Å². The molecule has 7 nitrogen and oxygen atoms in total. The lowest BCUT2D eigenvalue weighted by Crippen LogP contribution is -2.30. The summed E-state index contributed by atoms with van der Waals surface area (Å²) in [5, 5.41) is 19.2. The molecule has 1 N–H and O–H groups in total. The maximum absolute atomic E-state index is 10.6. The number of nitro groups is 1. The second-order valence-corrected chi connectivity index (χ2v) is 3.57. The van der Waals surface area contributed by atoms with Crippen molar-refractivity contribution in [3.8, 4) is 0 Å². The molecule has 0 spiro atoms. The van der Waals surface area contributed by atoms with Crippen molar-refractivity contribution >= 4 is 29.1 Å². The minimum absolute atomic E-state index is 0.0577. The maximum atomic E-state index is 10.6. The van der Waals surface area contributed by atoms with Crippen molar-refractivity contribution in [3.05, 3.63) is 27.4 Å². The molecule has 1 rings (SSSR count). The highest BCUT2D eigenvalue weighted by Gasteiger charge is 2.16. The summed E-state index contributed by atoms with van der Waals surface area (Å²) in [7, 11) is 0. The zero-order chi connectivity index (χ0) is 13.0. The Morgan fingerprint density at radius 1 is 1.71 bits per heavy atom. The Hall–Kier alpha value is -1.89. The largest absolute Gasteiger partial charge is 0.480 e. The Morgan fingerprint density at radius 2 is 2.35 bits per heavy atom. The van der Waals surface area contributed by atoms with Crippen LogP contribution in [0.4, 0.5) is 11.5 Å². The normalized spacial score (nSPS) is 10.0. The molecule has 0 amide bonds. The number of aliphatic carboxylic acids is 1. The third-order valence-electron chi connectivity index (χ3n) is 2.03. The van der Waals surface area contributed by atoms with Gasteiger partial charge in [0.15, 0.2) is 0 Å². The number of rotatable bonds is 5. The number of carbonyl (C=O) groups is 1. The molecule has 8 heteroatoms. The van der Waals surface area contributed by atoms with Gasteiger partial charge in [0.05, 0.1) is 9.95 Å². The van der Waals surface area contributed by atoms with Crippen LogP contribution in [-0.4, -0.2) is 34.1 Å². The van der Waals surface area contributed by atoms with Gasteiger partial charge in [0, 0.05) is 12.6 Å². The average molecular weight is 260 g/mol. The summed E-state index contributed by atoms with van der Waals surface area (Å²) in [6.45, 7) is 1.86. The molecule has 1 aromatic heterocycles. The van der Waals surface area contributed by atoms with Gasteiger partial charge in [0.1, 0.15) is 18.6 Å². The van der Waals surface area contributed by atoms with Gasteiger partial charge in [-0.1, -0.05) is 11.6 Å². The number of likely N-dealkylation sites (N-methyl/N-ethyl adjacent to an activating group) is 1. The number of hydrogen-bond acceptors (Lipinski definition) is 5. The zero-order valence-electron chi connectivity index (χ0n) is 8.96. The van der Waals surface area contributed by atoms with E-state index in [0.29, 0.717) is 6.54 Å². The van der Waals surface area contributed by atoms with Crippen LogP contribution < -0.4 is 4.90 Å². The molecule has 0 atom stereocenters. The Balaban J connectivity index is 3.04. The number of carboxylic acid groups (broad SMARTS) is 1. The molecule has 0 unspecified atom stereocenters. The van der Waals surface area contributed by atoms with Crippen LogP contribution in [0.1, 0.15) is 6.92 Å². The fraction of sp³-hybridized carbons (Fsp3) is 0.333. The lowest BCUT2D eigenvalue weighted by atomic mass is 10.3. The van der Waals surface area contributed by atoms with E-state index in [0.717, 1.165) is 12.3 Å². The topological polar surface area (TPSA) is 96.6 Å². The predicted molar refractivity (Wildman–Crippen MR) is 61.4 cm³/mol. The standard InChI is InChI=1S/C9H10ClN3O4/c1-2-12(5-8(14)15)9-7(10)3-6(4-11-9)13(16)17/h3-4H,2,5H2,1H3,(H,14,15). The quantitative estimate of drug-likeness (QED) is 0.637.